The van der Waals surface area contributed by atoms with E-state index >= 15 is 0 Å². The molecule has 0 aromatic carbocycles. The van der Waals surface area contributed by atoms with Crippen LogP contribution in [-0.4, -0.2) is 24.3 Å². The van der Waals surface area contributed by atoms with E-state index in [1.54, 1.807) is 13.8 Å². The average Bonchev–Trinajstić information content (AvgIpc) is 2.23. The Morgan fingerprint density at radius 1 is 1.59 bits per heavy atom. The molecule has 17 heavy (non-hydrogen) atoms. The molecular formula is C9H15N4O4-. The van der Waals surface area contributed by atoms with E-state index in [9.17, 15) is 15.2 Å². The smallest absolute Gasteiger partial charge is 0.275 e. The fourth-order valence-electron chi connectivity index (χ4n) is 0.790. The summed E-state index contributed by atoms with van der Waals surface area (Å²) in [4.78, 5) is 9.57. The normalized spacial score (nSPS) is 13.2. The first kappa shape index (κ1) is 14.8. The highest BCUT2D eigenvalue weighted by Crippen LogP contribution is 1.90. The van der Waals surface area contributed by atoms with Crippen molar-refractivity contribution in [2.24, 2.45) is 5.10 Å². The van der Waals surface area contributed by atoms with Crippen molar-refractivity contribution in [2.45, 2.75) is 13.8 Å². The van der Waals surface area contributed by atoms with Crippen molar-refractivity contribution in [3.05, 3.63) is 34.2 Å². The van der Waals surface area contributed by atoms with Crippen LogP contribution in [0.5, 0.6) is 0 Å². The number of nitro groups is 1. The molecule has 0 aromatic rings. The number of allylic oxidation sites excluding steroid dienone is 1. The molecule has 0 aromatic heterocycles. The van der Waals surface area contributed by atoms with Gasteiger partial charge in [-0.25, -0.2) is 0 Å². The Morgan fingerprint density at radius 3 is 2.71 bits per heavy atom. The van der Waals surface area contributed by atoms with Gasteiger partial charge < -0.3 is 15.2 Å². The summed E-state index contributed by atoms with van der Waals surface area (Å²) in [7, 11) is 1.50. The van der Waals surface area contributed by atoms with Crippen LogP contribution in [0, 0.1) is 10.1 Å². The fraction of sp³-hybridized carbons (Fsp3) is 0.444. The van der Waals surface area contributed by atoms with E-state index < -0.39 is 10.9 Å². The van der Waals surface area contributed by atoms with Crippen LogP contribution in [0.25, 0.3) is 0 Å². The molecule has 2 N–H and O–H groups in total. The zero-order valence-electron chi connectivity index (χ0n) is 9.89. The molecule has 0 rings (SSSR count). The highest BCUT2D eigenvalue weighted by Gasteiger charge is 1.97. The van der Waals surface area contributed by atoms with Gasteiger partial charge in [0.2, 0.25) is 0 Å². The molecule has 0 unspecified atom stereocenters. The summed E-state index contributed by atoms with van der Waals surface area (Å²) in [6.07, 6.45) is 1.90. The number of hydrogen-bond acceptors (Lipinski definition) is 7. The molecule has 0 aliphatic heterocycles. The number of rotatable bonds is 7. The molecular weight excluding hydrogens is 228 g/mol. The first-order valence-corrected chi connectivity index (χ1v) is 4.84. The predicted molar refractivity (Wildman–Crippen MR) is 60.1 cm³/mol. The lowest BCUT2D eigenvalue weighted by atomic mass is 10.4. The summed E-state index contributed by atoms with van der Waals surface area (Å²) in [5, 5.41) is 27.5. The molecule has 8 nitrogen and oxygen atoms in total. The Labute approximate surface area is 98.8 Å². The maximum absolute atomic E-state index is 11.0. The first-order chi connectivity index (χ1) is 7.99. The average molecular weight is 243 g/mol. The quantitative estimate of drug-likeness (QED) is 0.269. The maximum Gasteiger partial charge on any atom is 0.275 e. The molecule has 0 amide bonds. The monoisotopic (exact) mass is 243 g/mol. The topological polar surface area (TPSA) is 112 Å². The molecule has 0 spiro atoms. The summed E-state index contributed by atoms with van der Waals surface area (Å²) >= 11 is 0. The Balaban J connectivity index is 4.50. The van der Waals surface area contributed by atoms with E-state index in [0.29, 0.717) is 5.71 Å². The molecule has 8 heteroatoms. The van der Waals surface area contributed by atoms with Gasteiger partial charge in [0.1, 0.15) is 0 Å². The van der Waals surface area contributed by atoms with Crippen molar-refractivity contribution in [1.82, 2.24) is 10.7 Å². The van der Waals surface area contributed by atoms with E-state index in [2.05, 4.69) is 20.6 Å². The standard InChI is InChI=1S/C9H16N4O4/c1-4-17-9(14)5-7(2)11-12-8(10-3)6-13(15)16/h5-6,10,12,14H,4H2,1-3H3/p-1/b8-6+,9-5+,11-7-. The van der Waals surface area contributed by atoms with Crippen molar-refractivity contribution >= 4 is 5.71 Å². The van der Waals surface area contributed by atoms with Crippen molar-refractivity contribution in [3.8, 4) is 0 Å². The minimum absolute atomic E-state index is 0.103. The Morgan fingerprint density at radius 2 is 2.24 bits per heavy atom. The summed E-state index contributed by atoms with van der Waals surface area (Å²) < 4.78 is 4.67. The third kappa shape index (κ3) is 7.65. The predicted octanol–water partition coefficient (Wildman–Crippen LogP) is -0.515. The molecule has 0 fully saturated rings. The second-order valence-electron chi connectivity index (χ2n) is 2.84. The Bertz CT molecular complexity index is 349. The number of nitrogens with zero attached hydrogens (tertiary/aromatic N) is 2. The minimum Gasteiger partial charge on any atom is -0.613 e. The van der Waals surface area contributed by atoms with Crippen molar-refractivity contribution < 1.29 is 14.8 Å². The van der Waals surface area contributed by atoms with Gasteiger partial charge in [-0.05, 0) is 19.6 Å². The van der Waals surface area contributed by atoms with Crippen LogP contribution in [0.15, 0.2) is 29.1 Å². The van der Waals surface area contributed by atoms with E-state index in [-0.39, 0.29) is 12.4 Å². The molecule has 0 aliphatic rings. The Kier molecular flexibility index (Phi) is 6.91. The van der Waals surface area contributed by atoms with Crippen LogP contribution in [0.2, 0.25) is 0 Å². The number of ether oxygens (including phenoxy) is 1. The molecule has 0 radical (unpaired) electrons. The molecule has 0 saturated carbocycles. The molecule has 0 aliphatic carbocycles. The highest BCUT2D eigenvalue weighted by molar-refractivity contribution is 5.92. The first-order valence-electron chi connectivity index (χ1n) is 4.84. The van der Waals surface area contributed by atoms with Gasteiger partial charge in [0.25, 0.3) is 6.20 Å². The molecule has 0 heterocycles. The van der Waals surface area contributed by atoms with Gasteiger partial charge in [-0.15, -0.1) is 0 Å². The van der Waals surface area contributed by atoms with Crippen LogP contribution < -0.4 is 15.8 Å². The third-order valence-corrected chi connectivity index (χ3v) is 1.47. The number of hydrogen-bond donors (Lipinski definition) is 2. The summed E-state index contributed by atoms with van der Waals surface area (Å²) in [6.45, 7) is 3.53. The van der Waals surface area contributed by atoms with Gasteiger partial charge in [0.05, 0.1) is 16.6 Å². The molecule has 96 valence electrons. The zero-order chi connectivity index (χ0) is 13.3. The van der Waals surface area contributed by atoms with Crippen LogP contribution in [-0.2, 0) is 4.74 Å². The number of hydrazone groups is 1. The lowest BCUT2D eigenvalue weighted by Gasteiger charge is -2.11. The largest absolute Gasteiger partial charge is 0.613 e. The maximum atomic E-state index is 11.0. The SMILES string of the molecule is CCO/C([O-])=C/C(C)=N\N/C(=C/[N+](=O)[O-])NC. The second kappa shape index (κ2) is 7.97. The highest BCUT2D eigenvalue weighted by atomic mass is 16.6. The van der Waals surface area contributed by atoms with Gasteiger partial charge >= 0.3 is 0 Å². The lowest BCUT2D eigenvalue weighted by molar-refractivity contribution is -0.404. The summed E-state index contributed by atoms with van der Waals surface area (Å²) in [6, 6.07) is 0. The van der Waals surface area contributed by atoms with Gasteiger partial charge in [0, 0.05) is 7.05 Å². The van der Waals surface area contributed by atoms with Crippen molar-refractivity contribution in [2.75, 3.05) is 13.7 Å². The van der Waals surface area contributed by atoms with E-state index in [4.69, 9.17) is 0 Å². The summed E-state index contributed by atoms with van der Waals surface area (Å²) in [5.41, 5.74) is 2.75. The van der Waals surface area contributed by atoms with Gasteiger partial charge in [-0.2, -0.15) is 5.10 Å². The molecule has 0 bridgehead atoms. The third-order valence-electron chi connectivity index (χ3n) is 1.47. The number of nitrogens with one attached hydrogen (secondary N) is 2. The molecule has 0 atom stereocenters. The van der Waals surface area contributed by atoms with Crippen LogP contribution in [0.1, 0.15) is 13.8 Å². The fourth-order valence-corrected chi connectivity index (χ4v) is 0.790. The van der Waals surface area contributed by atoms with Crippen LogP contribution in [0.3, 0.4) is 0 Å². The van der Waals surface area contributed by atoms with Gasteiger partial charge in [0.15, 0.2) is 5.82 Å². The van der Waals surface area contributed by atoms with E-state index in [1.165, 1.54) is 13.1 Å². The molecule has 0 saturated heterocycles. The van der Waals surface area contributed by atoms with Gasteiger partial charge in [-0.3, -0.25) is 15.5 Å². The second-order valence-corrected chi connectivity index (χ2v) is 2.84. The zero-order valence-corrected chi connectivity index (χ0v) is 9.89. The Hall–Kier alpha value is -2.25. The van der Waals surface area contributed by atoms with E-state index in [0.717, 1.165) is 6.20 Å². The lowest BCUT2D eigenvalue weighted by Crippen LogP contribution is -2.21. The van der Waals surface area contributed by atoms with Crippen molar-refractivity contribution in [3.63, 3.8) is 0 Å². The van der Waals surface area contributed by atoms with E-state index in [1.807, 2.05) is 0 Å². The minimum atomic E-state index is -0.626. The van der Waals surface area contributed by atoms with Crippen LogP contribution in [0.4, 0.5) is 0 Å². The van der Waals surface area contributed by atoms with Crippen LogP contribution >= 0.6 is 0 Å². The van der Waals surface area contributed by atoms with Crippen molar-refractivity contribution in [1.29, 1.82) is 0 Å². The van der Waals surface area contributed by atoms with Gasteiger partial charge in [-0.1, -0.05) is 6.92 Å². The summed E-state index contributed by atoms with van der Waals surface area (Å²) in [5.74, 6) is -0.411.